The molecule has 138 valence electrons. The van der Waals surface area contributed by atoms with Crippen molar-refractivity contribution in [3.8, 4) is 11.3 Å². The minimum Gasteiger partial charge on any atom is -0.344 e. The number of halogens is 3. The van der Waals surface area contributed by atoms with Crippen LogP contribution in [0.2, 0.25) is 0 Å². The zero-order chi connectivity index (χ0) is 18.3. The van der Waals surface area contributed by atoms with Crippen LogP contribution in [0.3, 0.4) is 0 Å². The zero-order valence-corrected chi connectivity index (χ0v) is 14.8. The lowest BCUT2D eigenvalue weighted by molar-refractivity contribution is -0.141. The summed E-state index contributed by atoms with van der Waals surface area (Å²) in [6.07, 6.45) is 3.91. The Labute approximate surface area is 150 Å². The summed E-state index contributed by atoms with van der Waals surface area (Å²) in [5, 5.41) is 4.78. The van der Waals surface area contributed by atoms with Gasteiger partial charge >= 0.3 is 6.18 Å². The van der Waals surface area contributed by atoms with Gasteiger partial charge in [-0.05, 0) is 44.0 Å². The number of hydrogen-bond donors (Lipinski definition) is 0. The molecule has 0 N–H and O–H groups in total. The molecule has 4 rings (SSSR count). The molecule has 0 saturated heterocycles. The molecule has 3 aromatic rings. The van der Waals surface area contributed by atoms with E-state index in [2.05, 4.69) is 21.9 Å². The van der Waals surface area contributed by atoms with E-state index in [4.69, 9.17) is 0 Å². The van der Waals surface area contributed by atoms with Crippen LogP contribution in [0.4, 0.5) is 13.2 Å². The molecule has 0 aliphatic heterocycles. The Bertz CT molecular complexity index is 914. The number of alkyl halides is 3. The molecule has 2 heterocycles. The second kappa shape index (κ2) is 6.49. The molecule has 26 heavy (non-hydrogen) atoms. The highest BCUT2D eigenvalue weighted by molar-refractivity contribution is 5.85. The van der Waals surface area contributed by atoms with Gasteiger partial charge in [0, 0.05) is 35.2 Å². The molecule has 0 radical (unpaired) electrons. The molecule has 2 aromatic heterocycles. The molecule has 1 saturated carbocycles. The van der Waals surface area contributed by atoms with E-state index in [1.165, 1.54) is 36.8 Å². The summed E-state index contributed by atoms with van der Waals surface area (Å²) in [6, 6.07) is 9.64. The summed E-state index contributed by atoms with van der Waals surface area (Å²) in [6.45, 7) is 2.20. The molecule has 0 amide bonds. The molecule has 1 aromatic carbocycles. The van der Waals surface area contributed by atoms with Gasteiger partial charge in [0.1, 0.15) is 0 Å². The summed E-state index contributed by atoms with van der Waals surface area (Å²) in [5.41, 5.74) is 1.59. The predicted octanol–water partition coefficient (Wildman–Crippen LogP) is 6.05. The number of nitrogens with zero attached hydrogens (tertiary/aromatic N) is 3. The third-order valence-electron chi connectivity index (χ3n) is 5.35. The first-order chi connectivity index (χ1) is 12.5. The van der Waals surface area contributed by atoms with Crippen LogP contribution in [0, 0.1) is 0 Å². The van der Waals surface area contributed by atoms with E-state index in [-0.39, 0.29) is 0 Å². The zero-order valence-electron chi connectivity index (χ0n) is 14.8. The third-order valence-corrected chi connectivity index (χ3v) is 5.35. The topological polar surface area (TPSA) is 22.8 Å². The minimum atomic E-state index is -4.43. The number of fused-ring (bicyclic) bond motifs is 1. The van der Waals surface area contributed by atoms with Gasteiger partial charge in [0.15, 0.2) is 5.69 Å². The highest BCUT2D eigenvalue weighted by Crippen LogP contribution is 2.35. The van der Waals surface area contributed by atoms with Gasteiger partial charge in [-0.3, -0.25) is 4.68 Å². The molecular weight excluding hydrogens is 339 g/mol. The fourth-order valence-corrected chi connectivity index (χ4v) is 4.03. The van der Waals surface area contributed by atoms with Crippen LogP contribution in [0.1, 0.15) is 50.8 Å². The third kappa shape index (κ3) is 3.02. The predicted molar refractivity (Wildman–Crippen MR) is 96.0 cm³/mol. The van der Waals surface area contributed by atoms with Crippen LogP contribution in [0.5, 0.6) is 0 Å². The van der Waals surface area contributed by atoms with Crippen molar-refractivity contribution in [3.63, 3.8) is 0 Å². The maximum Gasteiger partial charge on any atom is 0.435 e. The molecule has 6 heteroatoms. The lowest BCUT2D eigenvalue weighted by Crippen LogP contribution is -2.11. The first-order valence-corrected chi connectivity index (χ1v) is 9.23. The van der Waals surface area contributed by atoms with Crippen LogP contribution < -0.4 is 0 Å². The van der Waals surface area contributed by atoms with Gasteiger partial charge in [0.05, 0.1) is 5.69 Å². The number of benzene rings is 1. The fourth-order valence-electron chi connectivity index (χ4n) is 4.03. The number of rotatable bonds is 3. The maximum absolute atomic E-state index is 13.0. The Hall–Kier alpha value is -2.24. The van der Waals surface area contributed by atoms with Crippen LogP contribution in [-0.4, -0.2) is 14.3 Å². The monoisotopic (exact) mass is 361 g/mol. The average molecular weight is 361 g/mol. The Morgan fingerprint density at radius 1 is 1.08 bits per heavy atom. The molecule has 0 atom stereocenters. The molecule has 0 spiro atoms. The Morgan fingerprint density at radius 2 is 1.85 bits per heavy atom. The number of hydrogen-bond acceptors (Lipinski definition) is 1. The first kappa shape index (κ1) is 17.2. The SMILES string of the molecule is CCn1nc(C(F)(F)F)cc1-c1ccc2c(ccn2C2CCCCC2)c1. The van der Waals surface area contributed by atoms with Gasteiger partial charge in [-0.1, -0.05) is 25.3 Å². The Balaban J connectivity index is 1.73. The van der Waals surface area contributed by atoms with E-state index >= 15 is 0 Å². The van der Waals surface area contributed by atoms with Crippen LogP contribution in [-0.2, 0) is 12.7 Å². The first-order valence-electron chi connectivity index (χ1n) is 9.23. The minimum absolute atomic E-state index is 0.395. The average Bonchev–Trinajstić information content (AvgIpc) is 3.25. The van der Waals surface area contributed by atoms with Crippen molar-refractivity contribution in [2.45, 2.75) is 57.8 Å². The van der Waals surface area contributed by atoms with Crippen LogP contribution in [0.25, 0.3) is 22.2 Å². The molecule has 1 fully saturated rings. The van der Waals surface area contributed by atoms with Crippen LogP contribution >= 0.6 is 0 Å². The van der Waals surface area contributed by atoms with Gasteiger partial charge in [-0.25, -0.2) is 0 Å². The van der Waals surface area contributed by atoms with Gasteiger partial charge in [-0.15, -0.1) is 0 Å². The van der Waals surface area contributed by atoms with E-state index in [9.17, 15) is 13.2 Å². The summed E-state index contributed by atoms with van der Waals surface area (Å²) >= 11 is 0. The number of aryl methyl sites for hydroxylation is 1. The van der Waals surface area contributed by atoms with Gasteiger partial charge < -0.3 is 4.57 Å². The molecule has 1 aliphatic rings. The van der Waals surface area contributed by atoms with Crippen molar-refractivity contribution in [2.75, 3.05) is 0 Å². The summed E-state index contributed by atoms with van der Waals surface area (Å²) < 4.78 is 42.8. The van der Waals surface area contributed by atoms with E-state index in [1.807, 2.05) is 18.2 Å². The Kier molecular flexibility index (Phi) is 4.29. The highest BCUT2D eigenvalue weighted by atomic mass is 19.4. The smallest absolute Gasteiger partial charge is 0.344 e. The van der Waals surface area contributed by atoms with E-state index in [0.717, 1.165) is 22.5 Å². The number of aromatic nitrogens is 3. The van der Waals surface area contributed by atoms with E-state index in [0.29, 0.717) is 18.3 Å². The van der Waals surface area contributed by atoms with Crippen LogP contribution in [0.15, 0.2) is 36.5 Å². The molecule has 1 aliphatic carbocycles. The summed E-state index contributed by atoms with van der Waals surface area (Å²) in [5.74, 6) is 0. The summed E-state index contributed by atoms with van der Waals surface area (Å²) in [4.78, 5) is 0. The van der Waals surface area contributed by atoms with E-state index < -0.39 is 11.9 Å². The molecule has 0 bridgehead atoms. The molecular formula is C20H22F3N3. The lowest BCUT2D eigenvalue weighted by Gasteiger charge is -2.24. The van der Waals surface area contributed by atoms with Crippen molar-refractivity contribution in [3.05, 3.63) is 42.2 Å². The quantitative estimate of drug-likeness (QED) is 0.557. The van der Waals surface area contributed by atoms with E-state index in [1.54, 1.807) is 6.92 Å². The summed E-state index contributed by atoms with van der Waals surface area (Å²) in [7, 11) is 0. The second-order valence-corrected chi connectivity index (χ2v) is 7.02. The lowest BCUT2D eigenvalue weighted by atomic mass is 9.95. The largest absolute Gasteiger partial charge is 0.435 e. The second-order valence-electron chi connectivity index (χ2n) is 7.02. The van der Waals surface area contributed by atoms with Crippen molar-refractivity contribution in [2.24, 2.45) is 0 Å². The fraction of sp³-hybridized carbons (Fsp3) is 0.450. The Morgan fingerprint density at radius 3 is 2.54 bits per heavy atom. The molecule has 3 nitrogen and oxygen atoms in total. The van der Waals surface area contributed by atoms with Gasteiger partial charge in [0.25, 0.3) is 0 Å². The van der Waals surface area contributed by atoms with Gasteiger partial charge in [-0.2, -0.15) is 18.3 Å². The van der Waals surface area contributed by atoms with Gasteiger partial charge in [0.2, 0.25) is 0 Å². The van der Waals surface area contributed by atoms with Crippen molar-refractivity contribution >= 4 is 10.9 Å². The van der Waals surface area contributed by atoms with Crippen molar-refractivity contribution in [1.29, 1.82) is 0 Å². The highest BCUT2D eigenvalue weighted by Gasteiger charge is 2.35. The van der Waals surface area contributed by atoms with Crippen molar-refractivity contribution in [1.82, 2.24) is 14.3 Å². The molecule has 0 unspecified atom stereocenters. The maximum atomic E-state index is 13.0. The standard InChI is InChI=1S/C20H22F3N3/c1-2-26-18(13-19(24-26)20(21,22)23)14-8-9-17-15(12-14)10-11-25(17)16-6-4-3-5-7-16/h8-13,16H,2-7H2,1H3. The normalized spacial score (nSPS) is 16.5. The van der Waals surface area contributed by atoms with Crippen molar-refractivity contribution < 1.29 is 13.2 Å².